The number of hydrogen-bond acceptors (Lipinski definition) is 2. The summed E-state index contributed by atoms with van der Waals surface area (Å²) in [4.78, 5) is 2.61. The van der Waals surface area contributed by atoms with Crippen LogP contribution in [0, 0.1) is 16.7 Å². The molecule has 2 heteroatoms. The van der Waals surface area contributed by atoms with Crippen LogP contribution in [0.15, 0.2) is 0 Å². The molecule has 0 unspecified atom stereocenters. The normalized spacial score (nSPS) is 24.7. The molecular formula is C14H24N2. The van der Waals surface area contributed by atoms with Crippen molar-refractivity contribution in [2.45, 2.75) is 57.8 Å². The molecule has 1 saturated heterocycles. The molecule has 0 aromatic carbocycles. The van der Waals surface area contributed by atoms with Crippen LogP contribution in [0.3, 0.4) is 0 Å². The number of nitriles is 1. The van der Waals surface area contributed by atoms with E-state index in [4.69, 9.17) is 5.26 Å². The van der Waals surface area contributed by atoms with E-state index in [1.54, 1.807) is 0 Å². The lowest BCUT2D eigenvalue weighted by molar-refractivity contribution is 0.107. The van der Waals surface area contributed by atoms with Gasteiger partial charge in [0.15, 0.2) is 0 Å². The number of piperidine rings is 1. The molecule has 0 N–H and O–H groups in total. The number of unbranched alkanes of at least 4 members (excludes halogenated alkanes) is 2. The summed E-state index contributed by atoms with van der Waals surface area (Å²) >= 11 is 0. The molecular weight excluding hydrogens is 196 g/mol. The fourth-order valence-corrected chi connectivity index (χ4v) is 3.42. The maximum Gasteiger partial charge on any atom is 0.0621 e. The van der Waals surface area contributed by atoms with E-state index in [2.05, 4.69) is 11.0 Å². The summed E-state index contributed by atoms with van der Waals surface area (Å²) < 4.78 is 0. The molecule has 1 spiro atoms. The summed E-state index contributed by atoms with van der Waals surface area (Å²) in [6.07, 6.45) is 11.8. The van der Waals surface area contributed by atoms with E-state index in [1.165, 1.54) is 64.6 Å². The highest BCUT2D eigenvalue weighted by Crippen LogP contribution is 2.46. The smallest absolute Gasteiger partial charge is 0.0621 e. The molecule has 2 fully saturated rings. The number of rotatable bonds is 4. The first-order chi connectivity index (χ1) is 7.85. The van der Waals surface area contributed by atoms with Gasteiger partial charge in [-0.1, -0.05) is 12.8 Å². The van der Waals surface area contributed by atoms with Gasteiger partial charge in [-0.05, 0) is 63.6 Å². The second-order valence-electron chi connectivity index (χ2n) is 5.66. The summed E-state index contributed by atoms with van der Waals surface area (Å²) in [6.45, 7) is 3.84. The monoisotopic (exact) mass is 220 g/mol. The number of likely N-dealkylation sites (tertiary alicyclic amines) is 1. The van der Waals surface area contributed by atoms with Gasteiger partial charge in [-0.15, -0.1) is 0 Å². The van der Waals surface area contributed by atoms with Crippen molar-refractivity contribution in [2.24, 2.45) is 5.41 Å². The van der Waals surface area contributed by atoms with Gasteiger partial charge in [0.25, 0.3) is 0 Å². The molecule has 0 amide bonds. The van der Waals surface area contributed by atoms with Crippen LogP contribution in [-0.4, -0.2) is 24.5 Å². The maximum absolute atomic E-state index is 8.48. The predicted octanol–water partition coefficient (Wildman–Crippen LogP) is 3.34. The van der Waals surface area contributed by atoms with E-state index in [-0.39, 0.29) is 0 Å². The van der Waals surface area contributed by atoms with Gasteiger partial charge >= 0.3 is 0 Å². The SMILES string of the molecule is N#CCCCCN1CCC2(CCCC2)CC1. The third-order valence-electron chi connectivity index (χ3n) is 4.59. The van der Waals surface area contributed by atoms with E-state index in [0.717, 1.165) is 18.3 Å². The minimum Gasteiger partial charge on any atom is -0.303 e. The molecule has 2 nitrogen and oxygen atoms in total. The van der Waals surface area contributed by atoms with Gasteiger partial charge in [0.05, 0.1) is 6.07 Å². The molecule has 0 aromatic rings. The van der Waals surface area contributed by atoms with Gasteiger partial charge in [-0.2, -0.15) is 5.26 Å². The summed E-state index contributed by atoms with van der Waals surface area (Å²) in [5, 5.41) is 8.48. The van der Waals surface area contributed by atoms with Crippen LogP contribution in [0.4, 0.5) is 0 Å². The zero-order chi connectivity index (χ0) is 11.3. The van der Waals surface area contributed by atoms with Crippen molar-refractivity contribution in [2.75, 3.05) is 19.6 Å². The van der Waals surface area contributed by atoms with Crippen molar-refractivity contribution in [3.63, 3.8) is 0 Å². The Kier molecular flexibility index (Phi) is 4.23. The molecule has 16 heavy (non-hydrogen) atoms. The lowest BCUT2D eigenvalue weighted by Crippen LogP contribution is -2.39. The lowest BCUT2D eigenvalue weighted by Gasteiger charge is -2.39. The molecule has 0 atom stereocenters. The third kappa shape index (κ3) is 2.98. The first kappa shape index (κ1) is 11.9. The van der Waals surface area contributed by atoms with Crippen molar-refractivity contribution >= 4 is 0 Å². The lowest BCUT2D eigenvalue weighted by atomic mass is 9.77. The Hall–Kier alpha value is -0.550. The standard InChI is InChI=1S/C14H24N2/c15-10-4-1-5-11-16-12-8-14(9-13-16)6-2-3-7-14/h1-9,11-13H2. The Morgan fingerprint density at radius 2 is 1.69 bits per heavy atom. The third-order valence-corrected chi connectivity index (χ3v) is 4.59. The topological polar surface area (TPSA) is 27.0 Å². The van der Waals surface area contributed by atoms with Gasteiger partial charge in [0.2, 0.25) is 0 Å². The predicted molar refractivity (Wildman–Crippen MR) is 66.0 cm³/mol. The molecule has 1 aliphatic carbocycles. The van der Waals surface area contributed by atoms with Crippen molar-refractivity contribution < 1.29 is 0 Å². The quantitative estimate of drug-likeness (QED) is 0.679. The Balaban J connectivity index is 1.63. The van der Waals surface area contributed by atoms with Crippen molar-refractivity contribution in [3.05, 3.63) is 0 Å². The fourth-order valence-electron chi connectivity index (χ4n) is 3.42. The van der Waals surface area contributed by atoms with Crippen LogP contribution in [0.5, 0.6) is 0 Å². The average Bonchev–Trinajstić information content (AvgIpc) is 2.76. The van der Waals surface area contributed by atoms with Crippen LogP contribution >= 0.6 is 0 Å². The van der Waals surface area contributed by atoms with E-state index >= 15 is 0 Å². The highest BCUT2D eigenvalue weighted by atomic mass is 15.1. The zero-order valence-electron chi connectivity index (χ0n) is 10.4. The molecule has 1 heterocycles. The summed E-state index contributed by atoms with van der Waals surface area (Å²) in [6, 6.07) is 2.23. The second-order valence-corrected chi connectivity index (χ2v) is 5.66. The van der Waals surface area contributed by atoms with Crippen molar-refractivity contribution in [3.8, 4) is 6.07 Å². The van der Waals surface area contributed by atoms with Crippen LogP contribution in [0.25, 0.3) is 0 Å². The van der Waals surface area contributed by atoms with Gasteiger partial charge in [-0.25, -0.2) is 0 Å². The molecule has 0 radical (unpaired) electrons. The second kappa shape index (κ2) is 5.68. The summed E-state index contributed by atoms with van der Waals surface area (Å²) in [7, 11) is 0. The molecule has 0 aromatic heterocycles. The van der Waals surface area contributed by atoms with E-state index in [1.807, 2.05) is 0 Å². The van der Waals surface area contributed by atoms with Crippen LogP contribution in [0.2, 0.25) is 0 Å². The minimum absolute atomic E-state index is 0.734. The first-order valence-electron chi connectivity index (χ1n) is 6.94. The average molecular weight is 220 g/mol. The van der Waals surface area contributed by atoms with E-state index in [0.29, 0.717) is 0 Å². The zero-order valence-corrected chi connectivity index (χ0v) is 10.4. The highest BCUT2D eigenvalue weighted by Gasteiger charge is 2.36. The molecule has 90 valence electrons. The van der Waals surface area contributed by atoms with Gasteiger partial charge < -0.3 is 4.90 Å². The van der Waals surface area contributed by atoms with Crippen LogP contribution in [0.1, 0.15) is 57.8 Å². The highest BCUT2D eigenvalue weighted by molar-refractivity contribution is 4.89. The molecule has 1 aliphatic heterocycles. The van der Waals surface area contributed by atoms with Crippen LogP contribution < -0.4 is 0 Å². The molecule has 0 bridgehead atoms. The first-order valence-corrected chi connectivity index (χ1v) is 6.94. The Labute approximate surface area is 99.6 Å². The van der Waals surface area contributed by atoms with Crippen LogP contribution in [-0.2, 0) is 0 Å². The molecule has 2 rings (SSSR count). The van der Waals surface area contributed by atoms with Gasteiger partial charge in [0.1, 0.15) is 0 Å². The summed E-state index contributed by atoms with van der Waals surface area (Å²) in [5.74, 6) is 0. The Bertz CT molecular complexity index is 238. The van der Waals surface area contributed by atoms with E-state index < -0.39 is 0 Å². The Morgan fingerprint density at radius 1 is 1.00 bits per heavy atom. The van der Waals surface area contributed by atoms with Crippen molar-refractivity contribution in [1.29, 1.82) is 5.26 Å². The Morgan fingerprint density at radius 3 is 2.31 bits per heavy atom. The fraction of sp³-hybridized carbons (Fsp3) is 0.929. The molecule has 2 aliphatic rings. The number of nitrogens with zero attached hydrogens (tertiary/aromatic N) is 2. The number of hydrogen-bond donors (Lipinski definition) is 0. The van der Waals surface area contributed by atoms with E-state index in [9.17, 15) is 0 Å². The molecule has 1 saturated carbocycles. The largest absolute Gasteiger partial charge is 0.303 e. The van der Waals surface area contributed by atoms with Gasteiger partial charge in [0, 0.05) is 6.42 Å². The van der Waals surface area contributed by atoms with Gasteiger partial charge in [-0.3, -0.25) is 0 Å². The maximum atomic E-state index is 8.48. The minimum atomic E-state index is 0.734. The van der Waals surface area contributed by atoms with Crippen molar-refractivity contribution in [1.82, 2.24) is 4.90 Å². The summed E-state index contributed by atoms with van der Waals surface area (Å²) in [5.41, 5.74) is 0.753.